The van der Waals surface area contributed by atoms with Crippen LogP contribution in [0.3, 0.4) is 0 Å². The summed E-state index contributed by atoms with van der Waals surface area (Å²) in [6, 6.07) is -3.80. The van der Waals surface area contributed by atoms with Crippen molar-refractivity contribution in [2.45, 2.75) is 78.2 Å². The van der Waals surface area contributed by atoms with Crippen LogP contribution in [0.15, 0.2) is 0 Å². The topological polar surface area (TPSA) is 151 Å². The minimum absolute atomic E-state index is 0.00651. The molecule has 0 radical (unpaired) electrons. The number of carbonyl (C=O) groups is 5. The van der Waals surface area contributed by atoms with Crippen molar-refractivity contribution < 1.29 is 37.1 Å². The molecule has 0 spiro atoms. The molecule has 204 valence electrons. The van der Waals surface area contributed by atoms with Crippen LogP contribution < -0.4 is 21.7 Å². The van der Waals surface area contributed by atoms with Gasteiger partial charge in [0.05, 0.1) is 0 Å². The van der Waals surface area contributed by atoms with Crippen LogP contribution in [-0.2, 0) is 24.0 Å². The number of alkyl halides is 3. The second kappa shape index (κ2) is 11.0. The van der Waals surface area contributed by atoms with Gasteiger partial charge in [-0.25, -0.2) is 0 Å². The molecule has 2 heterocycles. The summed E-state index contributed by atoms with van der Waals surface area (Å²) in [4.78, 5) is 63.6. The minimum atomic E-state index is -5.19. The smallest absolute Gasteiger partial charge is 0.368 e. The summed E-state index contributed by atoms with van der Waals surface area (Å²) in [5.74, 6) is -5.46. The molecule has 0 aliphatic carbocycles. The highest BCUT2D eigenvalue weighted by atomic mass is 19.4. The third kappa shape index (κ3) is 7.10. The number of primary amides is 1. The van der Waals surface area contributed by atoms with E-state index in [0.717, 1.165) is 0 Å². The van der Waals surface area contributed by atoms with Crippen LogP contribution in [0.5, 0.6) is 0 Å². The summed E-state index contributed by atoms with van der Waals surface area (Å²) in [6.45, 7) is 8.85. The van der Waals surface area contributed by atoms with Crippen molar-refractivity contribution in [2.24, 2.45) is 28.9 Å². The van der Waals surface area contributed by atoms with Crippen LogP contribution in [0, 0.1) is 23.2 Å². The first-order chi connectivity index (χ1) is 16.4. The molecule has 2 saturated heterocycles. The summed E-state index contributed by atoms with van der Waals surface area (Å²) in [7, 11) is 0. The first kappa shape index (κ1) is 29.4. The van der Waals surface area contributed by atoms with E-state index in [1.54, 1.807) is 5.32 Å². The van der Waals surface area contributed by atoms with E-state index < -0.39 is 59.3 Å². The van der Waals surface area contributed by atoms with Gasteiger partial charge in [-0.15, -0.1) is 0 Å². The lowest BCUT2D eigenvalue weighted by atomic mass is 9.85. The summed E-state index contributed by atoms with van der Waals surface area (Å²) in [6.07, 6.45) is -4.50. The van der Waals surface area contributed by atoms with E-state index in [1.165, 1.54) is 25.7 Å². The fraction of sp³-hybridized carbons (Fsp3) is 0.783. The average molecular weight is 520 g/mol. The Morgan fingerprint density at radius 1 is 1.14 bits per heavy atom. The molecular weight excluding hydrogens is 483 g/mol. The molecule has 2 fully saturated rings. The Hall–Kier alpha value is -2.86. The van der Waals surface area contributed by atoms with Crippen molar-refractivity contribution in [2.75, 3.05) is 13.1 Å². The predicted octanol–water partition coefficient (Wildman–Crippen LogP) is 0.449. The summed E-state index contributed by atoms with van der Waals surface area (Å²) in [5.41, 5.74) is 4.36. The Labute approximate surface area is 208 Å². The number of likely N-dealkylation sites (tertiary alicyclic amines) is 1. The van der Waals surface area contributed by atoms with Crippen molar-refractivity contribution in [1.82, 2.24) is 20.9 Å². The fourth-order valence-electron chi connectivity index (χ4n) is 4.54. The molecule has 0 aromatic carbocycles. The van der Waals surface area contributed by atoms with Gasteiger partial charge in [0.25, 0.3) is 0 Å². The molecule has 5 amide bonds. The Balaban J connectivity index is 2.29. The molecular formula is C23H36F3N5O5. The minimum Gasteiger partial charge on any atom is -0.368 e. The molecule has 0 bridgehead atoms. The number of nitrogens with one attached hydrogen (secondary N) is 3. The lowest BCUT2D eigenvalue weighted by Gasteiger charge is -2.35. The number of carbonyl (C=O) groups excluding carboxylic acids is 5. The highest BCUT2D eigenvalue weighted by molar-refractivity contribution is 5.95. The normalized spacial score (nSPS) is 24.3. The first-order valence-electron chi connectivity index (χ1n) is 12.0. The zero-order valence-electron chi connectivity index (χ0n) is 21.2. The van der Waals surface area contributed by atoms with Crippen molar-refractivity contribution in [3.05, 3.63) is 0 Å². The standard InChI is InChI=1S/C23H36F3N5O5/c1-11(2)13-9-15(19(34)29-14(17(27)32)8-12-6-7-28-18(12)33)31(10-13)20(35)16(22(3,4)5)30-21(36)23(24,25)26/h11-16H,6-10H2,1-5H3,(H2,27,32)(H,28,33)(H,29,34)(H,30,36)/t12-,13-,14-,15-,16+/m0/s1. The second-order valence-corrected chi connectivity index (χ2v) is 11.0. The predicted molar refractivity (Wildman–Crippen MR) is 123 cm³/mol. The number of hydrogen-bond donors (Lipinski definition) is 4. The zero-order valence-corrected chi connectivity index (χ0v) is 21.2. The van der Waals surface area contributed by atoms with Crippen LogP contribution in [0.2, 0.25) is 0 Å². The Bertz CT molecular complexity index is 886. The van der Waals surface area contributed by atoms with E-state index in [9.17, 15) is 37.1 Å². The van der Waals surface area contributed by atoms with Crippen LogP contribution in [0.1, 0.15) is 53.9 Å². The number of amides is 5. The van der Waals surface area contributed by atoms with E-state index >= 15 is 0 Å². The van der Waals surface area contributed by atoms with Crippen molar-refractivity contribution in [1.29, 1.82) is 0 Å². The molecule has 2 rings (SSSR count). The molecule has 2 aliphatic heterocycles. The fourth-order valence-corrected chi connectivity index (χ4v) is 4.54. The average Bonchev–Trinajstić information content (AvgIpc) is 3.36. The van der Waals surface area contributed by atoms with Crippen LogP contribution in [0.4, 0.5) is 13.2 Å². The van der Waals surface area contributed by atoms with Gasteiger partial charge in [-0.2, -0.15) is 13.2 Å². The van der Waals surface area contributed by atoms with Gasteiger partial charge < -0.3 is 26.6 Å². The van der Waals surface area contributed by atoms with Gasteiger partial charge in [-0.1, -0.05) is 34.6 Å². The second-order valence-electron chi connectivity index (χ2n) is 11.0. The van der Waals surface area contributed by atoms with Gasteiger partial charge in [0, 0.05) is 19.0 Å². The van der Waals surface area contributed by atoms with Crippen molar-refractivity contribution >= 4 is 29.5 Å². The lowest BCUT2D eigenvalue weighted by Crippen LogP contribution is -2.60. The van der Waals surface area contributed by atoms with Gasteiger partial charge >= 0.3 is 12.1 Å². The van der Waals surface area contributed by atoms with Gasteiger partial charge in [0.2, 0.25) is 23.6 Å². The molecule has 10 nitrogen and oxygen atoms in total. The SMILES string of the molecule is CC(C)[C@H]1C[C@@H](C(=O)N[C@@H](C[C@@H]2CCNC2=O)C(N)=O)N(C(=O)[C@@H](NC(=O)C(F)(F)F)C(C)(C)C)C1. The zero-order chi connectivity index (χ0) is 27.6. The lowest BCUT2D eigenvalue weighted by molar-refractivity contribution is -0.176. The van der Waals surface area contributed by atoms with Crippen molar-refractivity contribution in [3.63, 3.8) is 0 Å². The van der Waals surface area contributed by atoms with Gasteiger partial charge in [-0.05, 0) is 36.5 Å². The number of nitrogens with zero attached hydrogens (tertiary/aromatic N) is 1. The molecule has 5 N–H and O–H groups in total. The molecule has 0 unspecified atom stereocenters. The van der Waals surface area contributed by atoms with E-state index in [2.05, 4.69) is 10.6 Å². The van der Waals surface area contributed by atoms with E-state index in [0.29, 0.717) is 13.0 Å². The molecule has 13 heteroatoms. The molecule has 0 saturated carbocycles. The first-order valence-corrected chi connectivity index (χ1v) is 12.0. The molecule has 5 atom stereocenters. The number of nitrogens with two attached hydrogens (primary N) is 1. The maximum Gasteiger partial charge on any atom is 0.471 e. The van der Waals surface area contributed by atoms with Crippen LogP contribution in [0.25, 0.3) is 0 Å². The Morgan fingerprint density at radius 3 is 2.19 bits per heavy atom. The Morgan fingerprint density at radius 2 is 1.75 bits per heavy atom. The highest BCUT2D eigenvalue weighted by Crippen LogP contribution is 2.32. The van der Waals surface area contributed by atoms with E-state index in [-0.39, 0.29) is 37.1 Å². The van der Waals surface area contributed by atoms with Crippen molar-refractivity contribution in [3.8, 4) is 0 Å². The molecule has 2 aliphatic rings. The number of hydrogen-bond acceptors (Lipinski definition) is 5. The summed E-state index contributed by atoms with van der Waals surface area (Å²) >= 11 is 0. The maximum absolute atomic E-state index is 13.5. The third-order valence-corrected chi connectivity index (χ3v) is 6.85. The third-order valence-electron chi connectivity index (χ3n) is 6.85. The molecule has 36 heavy (non-hydrogen) atoms. The molecule has 0 aromatic rings. The Kier molecular flexibility index (Phi) is 9.00. The van der Waals surface area contributed by atoms with E-state index in [4.69, 9.17) is 5.73 Å². The monoisotopic (exact) mass is 519 g/mol. The maximum atomic E-state index is 13.5. The summed E-state index contributed by atoms with van der Waals surface area (Å²) in [5, 5.41) is 6.97. The van der Waals surface area contributed by atoms with Gasteiger partial charge in [0.1, 0.15) is 18.1 Å². The van der Waals surface area contributed by atoms with Crippen LogP contribution >= 0.6 is 0 Å². The largest absolute Gasteiger partial charge is 0.471 e. The van der Waals surface area contributed by atoms with Gasteiger partial charge in [0.15, 0.2) is 0 Å². The van der Waals surface area contributed by atoms with E-state index in [1.807, 2.05) is 13.8 Å². The van der Waals surface area contributed by atoms with Crippen LogP contribution in [-0.4, -0.2) is 71.8 Å². The number of halogens is 3. The molecule has 0 aromatic heterocycles. The summed E-state index contributed by atoms with van der Waals surface area (Å²) < 4.78 is 38.9. The number of rotatable bonds is 8. The van der Waals surface area contributed by atoms with Gasteiger partial charge in [-0.3, -0.25) is 24.0 Å². The highest BCUT2D eigenvalue weighted by Gasteiger charge is 2.48. The quantitative estimate of drug-likeness (QED) is 0.367.